The molecule has 17 rings (SSSR count). The maximum atomic E-state index is 6.94. The molecule has 16 aromatic rings. The van der Waals surface area contributed by atoms with E-state index in [1.54, 1.807) is 0 Å². The van der Waals surface area contributed by atoms with Crippen molar-refractivity contribution in [2.45, 2.75) is 26.2 Å². The molecule has 0 bridgehead atoms. The molecule has 0 amide bonds. The molecule has 6 heterocycles. The van der Waals surface area contributed by atoms with E-state index < -0.39 is 0 Å². The van der Waals surface area contributed by atoms with Gasteiger partial charge in [-0.15, -0.1) is 29.7 Å². The van der Waals surface area contributed by atoms with Gasteiger partial charge in [-0.2, -0.15) is 18.2 Å². The molecule has 0 radical (unpaired) electrons. The monoisotopic (exact) mass is 1260 g/mol. The van der Waals surface area contributed by atoms with Crippen LogP contribution in [0.15, 0.2) is 249 Å². The zero-order valence-electron chi connectivity index (χ0n) is 46.1. The normalized spacial score (nSPS) is 12.1. The van der Waals surface area contributed by atoms with Crippen molar-refractivity contribution < 1.29 is 30.4 Å². The number of benzene rings is 11. The van der Waals surface area contributed by atoms with E-state index in [0.29, 0.717) is 11.5 Å². The Morgan fingerprint density at radius 2 is 0.917 bits per heavy atom. The van der Waals surface area contributed by atoms with Crippen molar-refractivity contribution in [1.82, 2.24) is 23.3 Å². The average molecular weight is 1260 g/mol. The SMILES string of the molecule is CC(C)(C)c1ccnc(-n2c3[c-]c(Oc4[c-]c(-n5[c-][n+]6c7c(cc(-n8c9ccccc9c9ccccc98)cc75)-c5ccccc5-c5ccccc5-c5cccc(-n7c8ccccc8c8ccccc87)c5-6)ccc4)ccc3c3ccccc32)c1.[Pt]. The summed E-state index contributed by atoms with van der Waals surface area (Å²) in [5.41, 5.74) is 20.0. The van der Waals surface area contributed by atoms with Gasteiger partial charge in [0.05, 0.1) is 44.5 Å². The van der Waals surface area contributed by atoms with Gasteiger partial charge in [0.2, 0.25) is 0 Å². The Hall–Kier alpha value is -10.1. The van der Waals surface area contributed by atoms with Crippen molar-refractivity contribution in [3.63, 3.8) is 0 Å². The molecule has 0 atom stereocenters. The van der Waals surface area contributed by atoms with Crippen molar-refractivity contribution in [3.05, 3.63) is 273 Å². The number of ether oxygens (including phenoxy) is 1. The molecule has 0 spiro atoms. The minimum atomic E-state index is -0.0609. The third kappa shape index (κ3) is 7.48. The van der Waals surface area contributed by atoms with Crippen LogP contribution in [0.4, 0.5) is 0 Å². The van der Waals surface area contributed by atoms with Crippen molar-refractivity contribution in [2.75, 3.05) is 0 Å². The summed E-state index contributed by atoms with van der Waals surface area (Å²) >= 11 is 0. The quantitative estimate of drug-likeness (QED) is 0.123. The van der Waals surface area contributed by atoms with Gasteiger partial charge in [-0.1, -0.05) is 178 Å². The topological polar surface area (TPSA) is 45.7 Å². The fraction of sp³-hybridized carbons (Fsp3) is 0.0526. The molecule has 402 valence electrons. The van der Waals surface area contributed by atoms with Gasteiger partial charge in [-0.05, 0) is 116 Å². The molecular formula is C76H50N6OPt-2. The summed E-state index contributed by atoms with van der Waals surface area (Å²) in [5.74, 6) is 1.94. The van der Waals surface area contributed by atoms with E-state index in [4.69, 9.17) is 9.72 Å². The van der Waals surface area contributed by atoms with E-state index in [-0.39, 0.29) is 26.5 Å². The maximum absolute atomic E-state index is 6.94. The number of rotatable bonds is 6. The van der Waals surface area contributed by atoms with Crippen LogP contribution in [0.1, 0.15) is 26.3 Å². The molecule has 0 N–H and O–H groups in total. The first-order valence-electron chi connectivity index (χ1n) is 28.3. The number of fused-ring (bicyclic) bond motifs is 16. The molecule has 1 aliphatic rings. The molecular weight excluding hydrogens is 1210 g/mol. The van der Waals surface area contributed by atoms with Gasteiger partial charge in [-0.25, -0.2) is 4.98 Å². The first-order valence-corrected chi connectivity index (χ1v) is 28.3. The fourth-order valence-electron chi connectivity index (χ4n) is 13.3. The minimum absolute atomic E-state index is 0. The number of hydrogen-bond acceptors (Lipinski definition) is 2. The molecule has 0 saturated heterocycles. The molecule has 1 aliphatic heterocycles. The van der Waals surface area contributed by atoms with E-state index in [2.05, 4.69) is 287 Å². The second-order valence-corrected chi connectivity index (χ2v) is 22.7. The van der Waals surface area contributed by atoms with Crippen LogP contribution < -0.4 is 9.30 Å². The van der Waals surface area contributed by atoms with Crippen molar-refractivity contribution in [2.24, 2.45) is 0 Å². The van der Waals surface area contributed by atoms with Gasteiger partial charge in [-0.3, -0.25) is 4.57 Å². The molecule has 0 unspecified atom stereocenters. The predicted molar refractivity (Wildman–Crippen MR) is 337 cm³/mol. The number of para-hydroxylation sites is 6. The Kier molecular flexibility index (Phi) is 11.2. The summed E-state index contributed by atoms with van der Waals surface area (Å²) in [6.07, 6.45) is 5.99. The van der Waals surface area contributed by atoms with Crippen LogP contribution in [0, 0.1) is 18.5 Å². The van der Waals surface area contributed by atoms with Gasteiger partial charge < -0.3 is 23.0 Å². The summed E-state index contributed by atoms with van der Waals surface area (Å²) in [4.78, 5) is 4.94. The Bertz CT molecular complexity index is 5270. The number of hydrogen-bond donors (Lipinski definition) is 0. The van der Waals surface area contributed by atoms with Crippen molar-refractivity contribution >= 4 is 76.5 Å². The molecule has 0 saturated carbocycles. The predicted octanol–water partition coefficient (Wildman–Crippen LogP) is 18.4. The maximum Gasteiger partial charge on any atom is 0.268 e. The minimum Gasteiger partial charge on any atom is -0.510 e. The van der Waals surface area contributed by atoms with E-state index >= 15 is 0 Å². The van der Waals surface area contributed by atoms with Gasteiger partial charge in [0.15, 0.2) is 0 Å². The van der Waals surface area contributed by atoms with E-state index in [1.165, 1.54) is 27.1 Å². The van der Waals surface area contributed by atoms with Crippen LogP contribution in [0.2, 0.25) is 0 Å². The summed E-state index contributed by atoms with van der Waals surface area (Å²) in [6, 6.07) is 94.8. The number of aromatic nitrogens is 6. The molecule has 7 nitrogen and oxygen atoms in total. The van der Waals surface area contributed by atoms with Gasteiger partial charge >= 0.3 is 0 Å². The smallest absolute Gasteiger partial charge is 0.268 e. The van der Waals surface area contributed by atoms with Crippen molar-refractivity contribution in [3.8, 4) is 73.4 Å². The number of imidazole rings is 1. The second kappa shape index (κ2) is 19.0. The molecule has 8 heteroatoms. The Morgan fingerprint density at radius 1 is 0.417 bits per heavy atom. The second-order valence-electron chi connectivity index (χ2n) is 22.7. The molecule has 0 fully saturated rings. The standard InChI is InChI=1S/C76H50N6O.Pt/c1-76(2,3)48-40-41-77-73(42-48)82-69-36-17-12-30-61(69)62-39-38-52(46-71(62)82)83-51-21-18-20-49(43-51)78-47-79-74-63(31-19-37-70(74)81-67-34-15-10-28-59(67)60-29-11-16-35-68(60)81)55-24-6-4-22-53(55)54-23-5-7-25-56(54)64-44-50(45-72(78)75(64)79)80-65-32-13-8-26-57(65)58-27-9-14-33-66(58)80;/h4-42,44-45H,1-3H3;/q-2;. The molecule has 11 aromatic carbocycles. The third-order valence-electron chi connectivity index (χ3n) is 17.0. The van der Waals surface area contributed by atoms with Gasteiger partial charge in [0, 0.05) is 71.5 Å². The van der Waals surface area contributed by atoms with E-state index in [0.717, 1.165) is 117 Å². The molecule has 0 aliphatic carbocycles. The zero-order chi connectivity index (χ0) is 55.1. The molecule has 84 heavy (non-hydrogen) atoms. The Morgan fingerprint density at radius 3 is 1.52 bits per heavy atom. The summed E-state index contributed by atoms with van der Waals surface area (Å²) < 4.78 is 18.5. The number of nitrogens with zero attached hydrogens (tertiary/aromatic N) is 6. The number of pyridine rings is 1. The Balaban J connectivity index is 0.00000577. The van der Waals surface area contributed by atoms with Crippen LogP contribution >= 0.6 is 0 Å². The van der Waals surface area contributed by atoms with Crippen LogP contribution in [0.25, 0.3) is 138 Å². The van der Waals surface area contributed by atoms with E-state index in [1.807, 2.05) is 24.4 Å². The van der Waals surface area contributed by atoms with Crippen LogP contribution in [-0.4, -0.2) is 23.3 Å². The average Bonchev–Trinajstić information content (AvgIpc) is 2.17. The Labute approximate surface area is 499 Å². The van der Waals surface area contributed by atoms with Gasteiger partial charge in [0.25, 0.3) is 6.33 Å². The summed E-state index contributed by atoms with van der Waals surface area (Å²) in [5, 5.41) is 6.97. The van der Waals surface area contributed by atoms with Crippen LogP contribution in [0.3, 0.4) is 0 Å². The summed E-state index contributed by atoms with van der Waals surface area (Å²) in [6.45, 7) is 6.70. The fourth-order valence-corrected chi connectivity index (χ4v) is 13.3. The van der Waals surface area contributed by atoms with Crippen LogP contribution in [-0.2, 0) is 26.5 Å². The van der Waals surface area contributed by atoms with E-state index in [9.17, 15) is 0 Å². The van der Waals surface area contributed by atoms with Crippen molar-refractivity contribution in [1.29, 1.82) is 0 Å². The zero-order valence-corrected chi connectivity index (χ0v) is 48.4. The largest absolute Gasteiger partial charge is 0.510 e. The third-order valence-corrected chi connectivity index (χ3v) is 17.0. The summed E-state index contributed by atoms with van der Waals surface area (Å²) in [7, 11) is 0. The first-order chi connectivity index (χ1) is 40.8. The van der Waals surface area contributed by atoms with Gasteiger partial charge in [0.1, 0.15) is 5.82 Å². The first kappa shape index (κ1) is 49.7. The van der Waals surface area contributed by atoms with Crippen LogP contribution in [0.5, 0.6) is 11.5 Å². The molecule has 5 aromatic heterocycles.